The molecule has 2 aliphatic rings. The number of hydrogen-bond acceptors (Lipinski definition) is 4. The van der Waals surface area contributed by atoms with Gasteiger partial charge in [0.25, 0.3) is 5.91 Å². The van der Waals surface area contributed by atoms with E-state index >= 15 is 0 Å². The molecule has 0 unspecified atom stereocenters. The number of furan rings is 1. The van der Waals surface area contributed by atoms with Crippen LogP contribution in [0.15, 0.2) is 16.5 Å². The van der Waals surface area contributed by atoms with Crippen molar-refractivity contribution in [2.24, 2.45) is 17.8 Å². The lowest BCUT2D eigenvalue weighted by Gasteiger charge is -2.29. The fourth-order valence-corrected chi connectivity index (χ4v) is 3.59. The number of aliphatic hydroxyl groups is 2. The van der Waals surface area contributed by atoms with Crippen LogP contribution in [0, 0.1) is 17.8 Å². The molecule has 122 valence electrons. The van der Waals surface area contributed by atoms with E-state index in [-0.39, 0.29) is 24.3 Å². The minimum atomic E-state index is -4.62. The Morgan fingerprint density at radius 1 is 1.27 bits per heavy atom. The average molecular weight is 319 g/mol. The van der Waals surface area contributed by atoms with E-state index in [1.807, 2.05) is 0 Å². The Kier molecular flexibility index (Phi) is 3.68. The third kappa shape index (κ3) is 2.61. The first-order chi connectivity index (χ1) is 10.3. The molecular formula is C14H16F3NO4. The molecule has 5 atom stereocenters. The second-order valence-corrected chi connectivity index (χ2v) is 6.01. The molecule has 8 heteroatoms. The van der Waals surface area contributed by atoms with Gasteiger partial charge in [0.2, 0.25) is 5.76 Å². The number of alkyl halides is 3. The Bertz CT molecular complexity index is 569. The Balaban J connectivity index is 1.56. The summed E-state index contributed by atoms with van der Waals surface area (Å²) in [6, 6.07) is 1.70. The zero-order chi connectivity index (χ0) is 16.1. The minimum Gasteiger partial charge on any atom is -0.446 e. The number of aliphatic hydroxyl groups excluding tert-OH is 2. The summed E-state index contributed by atoms with van der Waals surface area (Å²) in [5.41, 5.74) is 0. The van der Waals surface area contributed by atoms with Gasteiger partial charge in [0, 0.05) is 6.54 Å². The van der Waals surface area contributed by atoms with E-state index in [4.69, 9.17) is 0 Å². The Morgan fingerprint density at radius 3 is 2.55 bits per heavy atom. The first-order valence-corrected chi connectivity index (χ1v) is 7.08. The summed E-state index contributed by atoms with van der Waals surface area (Å²) in [6.45, 7) is 0.242. The molecule has 1 aromatic heterocycles. The molecule has 0 spiro atoms. The molecule has 2 bridgehead atoms. The van der Waals surface area contributed by atoms with Crippen molar-refractivity contribution >= 4 is 5.91 Å². The van der Waals surface area contributed by atoms with Crippen LogP contribution >= 0.6 is 0 Å². The summed E-state index contributed by atoms with van der Waals surface area (Å²) < 4.78 is 41.7. The molecule has 0 aromatic carbocycles. The van der Waals surface area contributed by atoms with Gasteiger partial charge in [-0.25, -0.2) is 0 Å². The first-order valence-electron chi connectivity index (χ1n) is 7.08. The van der Waals surface area contributed by atoms with Crippen molar-refractivity contribution in [3.05, 3.63) is 23.7 Å². The fraction of sp³-hybridized carbons (Fsp3) is 0.643. The Hall–Kier alpha value is -1.54. The molecule has 1 amide bonds. The number of carbonyl (C=O) groups excluding carboxylic acids is 1. The highest BCUT2D eigenvalue weighted by Gasteiger charge is 2.51. The fourth-order valence-electron chi connectivity index (χ4n) is 3.59. The van der Waals surface area contributed by atoms with Gasteiger partial charge in [-0.05, 0) is 42.7 Å². The number of nitrogens with one attached hydrogen (secondary N) is 1. The second kappa shape index (κ2) is 5.27. The van der Waals surface area contributed by atoms with Crippen LogP contribution in [-0.4, -0.2) is 34.9 Å². The van der Waals surface area contributed by atoms with E-state index < -0.39 is 35.8 Å². The highest BCUT2D eigenvalue weighted by molar-refractivity contribution is 5.91. The lowest BCUT2D eigenvalue weighted by molar-refractivity contribution is -0.153. The molecule has 2 aliphatic carbocycles. The van der Waals surface area contributed by atoms with Gasteiger partial charge in [-0.2, -0.15) is 13.2 Å². The second-order valence-electron chi connectivity index (χ2n) is 6.01. The highest BCUT2D eigenvalue weighted by atomic mass is 19.4. The predicted molar refractivity (Wildman–Crippen MR) is 67.8 cm³/mol. The maximum atomic E-state index is 12.4. The van der Waals surface area contributed by atoms with Crippen molar-refractivity contribution in [3.8, 4) is 0 Å². The minimum absolute atomic E-state index is 0.0180. The molecule has 1 aromatic rings. The zero-order valence-corrected chi connectivity index (χ0v) is 11.5. The van der Waals surface area contributed by atoms with Crippen molar-refractivity contribution in [2.45, 2.75) is 31.2 Å². The van der Waals surface area contributed by atoms with Gasteiger partial charge in [-0.1, -0.05) is 0 Å². The lowest BCUT2D eigenvalue weighted by atomic mass is 9.85. The van der Waals surface area contributed by atoms with E-state index in [1.165, 1.54) is 0 Å². The van der Waals surface area contributed by atoms with Crippen molar-refractivity contribution in [3.63, 3.8) is 0 Å². The number of hydrogen-bond donors (Lipinski definition) is 3. The molecule has 0 saturated heterocycles. The summed E-state index contributed by atoms with van der Waals surface area (Å²) in [6.07, 6.45) is -4.72. The largest absolute Gasteiger partial charge is 0.449 e. The summed E-state index contributed by atoms with van der Waals surface area (Å²) in [5.74, 6) is -2.35. The molecule has 0 aliphatic heterocycles. The van der Waals surface area contributed by atoms with Crippen LogP contribution in [-0.2, 0) is 6.18 Å². The van der Waals surface area contributed by atoms with Crippen molar-refractivity contribution in [2.75, 3.05) is 6.54 Å². The van der Waals surface area contributed by atoms with Gasteiger partial charge in [0.05, 0.1) is 12.2 Å². The summed E-state index contributed by atoms with van der Waals surface area (Å²) >= 11 is 0. The van der Waals surface area contributed by atoms with Gasteiger partial charge in [-0.15, -0.1) is 0 Å². The Morgan fingerprint density at radius 2 is 2.00 bits per heavy atom. The van der Waals surface area contributed by atoms with Crippen LogP contribution in [0.5, 0.6) is 0 Å². The van der Waals surface area contributed by atoms with Crippen molar-refractivity contribution in [1.82, 2.24) is 5.32 Å². The smallest absolute Gasteiger partial charge is 0.446 e. The molecule has 22 heavy (non-hydrogen) atoms. The number of fused-ring (bicyclic) bond motifs is 2. The molecule has 3 N–H and O–H groups in total. The van der Waals surface area contributed by atoms with Gasteiger partial charge in [0.1, 0.15) is 0 Å². The number of amides is 1. The van der Waals surface area contributed by atoms with Gasteiger partial charge >= 0.3 is 6.18 Å². The SMILES string of the molecule is O=C(NC[C@H]1C[C@@H]2C[C@H]1[C@@H](O)[C@H]2O)c1ccc(C(F)(F)F)o1. The van der Waals surface area contributed by atoms with Crippen LogP contribution in [0.2, 0.25) is 0 Å². The summed E-state index contributed by atoms with van der Waals surface area (Å²) in [5, 5.41) is 22.0. The third-order valence-electron chi connectivity index (χ3n) is 4.69. The quantitative estimate of drug-likeness (QED) is 0.786. The topological polar surface area (TPSA) is 82.7 Å². The monoisotopic (exact) mass is 319 g/mol. The highest BCUT2D eigenvalue weighted by Crippen LogP contribution is 2.48. The summed E-state index contributed by atoms with van der Waals surface area (Å²) in [4.78, 5) is 11.8. The number of halogens is 3. The zero-order valence-electron chi connectivity index (χ0n) is 11.5. The van der Waals surface area contributed by atoms with Crippen LogP contribution in [0.4, 0.5) is 13.2 Å². The van der Waals surface area contributed by atoms with Crippen LogP contribution in [0.1, 0.15) is 29.2 Å². The third-order valence-corrected chi connectivity index (χ3v) is 4.69. The number of carbonyl (C=O) groups is 1. The van der Waals surface area contributed by atoms with Crippen LogP contribution < -0.4 is 5.32 Å². The summed E-state index contributed by atoms with van der Waals surface area (Å²) in [7, 11) is 0. The molecule has 3 rings (SSSR count). The van der Waals surface area contributed by atoms with E-state index in [0.717, 1.165) is 6.07 Å². The number of rotatable bonds is 3. The van der Waals surface area contributed by atoms with E-state index in [2.05, 4.69) is 9.73 Å². The van der Waals surface area contributed by atoms with Gasteiger partial charge in [0.15, 0.2) is 5.76 Å². The molecule has 2 fully saturated rings. The van der Waals surface area contributed by atoms with E-state index in [9.17, 15) is 28.2 Å². The van der Waals surface area contributed by atoms with Crippen LogP contribution in [0.3, 0.4) is 0 Å². The van der Waals surface area contributed by atoms with Crippen molar-refractivity contribution in [1.29, 1.82) is 0 Å². The standard InChI is InChI=1S/C14H16F3NO4/c15-14(16,17)10-2-1-9(22-10)13(21)18-5-7-3-6-4-8(7)12(20)11(6)19/h1-2,6-8,11-12,19-20H,3-5H2,(H,18,21)/t6-,7-,8-,11+,12-/m1/s1. The maximum absolute atomic E-state index is 12.4. The lowest BCUT2D eigenvalue weighted by Crippen LogP contribution is -2.41. The van der Waals surface area contributed by atoms with Gasteiger partial charge < -0.3 is 19.9 Å². The van der Waals surface area contributed by atoms with Gasteiger partial charge in [-0.3, -0.25) is 4.79 Å². The molecule has 0 radical (unpaired) electrons. The normalized spacial score (nSPS) is 34.1. The maximum Gasteiger partial charge on any atom is 0.449 e. The molecule has 2 saturated carbocycles. The first kappa shape index (κ1) is 15.4. The molecule has 1 heterocycles. The Labute approximate surface area is 124 Å². The van der Waals surface area contributed by atoms with E-state index in [0.29, 0.717) is 18.9 Å². The van der Waals surface area contributed by atoms with E-state index in [1.54, 1.807) is 0 Å². The predicted octanol–water partition coefficient (Wildman–Crippen LogP) is 1.41. The molecular weight excluding hydrogens is 303 g/mol. The molecule has 5 nitrogen and oxygen atoms in total. The van der Waals surface area contributed by atoms with Crippen molar-refractivity contribution < 1.29 is 32.6 Å². The van der Waals surface area contributed by atoms with Crippen LogP contribution in [0.25, 0.3) is 0 Å². The average Bonchev–Trinajstić information content (AvgIpc) is 3.13.